The van der Waals surface area contributed by atoms with Gasteiger partial charge in [-0.2, -0.15) is 0 Å². The number of rotatable bonds is 7. The number of fused-ring (bicyclic) bond motifs is 1. The average Bonchev–Trinajstić information content (AvgIpc) is 3.39. The van der Waals surface area contributed by atoms with Gasteiger partial charge in [-0.1, -0.05) is 18.2 Å². The number of likely N-dealkylation sites (tertiary alicyclic amines) is 1. The first-order valence-corrected chi connectivity index (χ1v) is 12.5. The number of carbonyl (C=O) groups excluding carboxylic acids is 2. The summed E-state index contributed by atoms with van der Waals surface area (Å²) in [4.78, 5) is 31.5. The fourth-order valence-electron chi connectivity index (χ4n) is 4.74. The van der Waals surface area contributed by atoms with Crippen molar-refractivity contribution in [3.8, 4) is 5.75 Å². The second-order valence-electron chi connectivity index (χ2n) is 9.35. The van der Waals surface area contributed by atoms with Crippen LogP contribution in [0.15, 0.2) is 79.3 Å². The Kier molecular flexibility index (Phi) is 7.16. The molecule has 1 N–H and O–H groups in total. The molecule has 0 saturated carbocycles. The molecule has 2 amide bonds. The van der Waals surface area contributed by atoms with Crippen LogP contribution in [0, 0.1) is 5.82 Å². The van der Waals surface area contributed by atoms with Gasteiger partial charge in [0.1, 0.15) is 17.2 Å². The second kappa shape index (κ2) is 10.8. The van der Waals surface area contributed by atoms with Gasteiger partial charge in [-0.25, -0.2) is 9.37 Å². The van der Waals surface area contributed by atoms with Gasteiger partial charge in [0.05, 0.1) is 0 Å². The molecule has 0 radical (unpaired) electrons. The average molecular weight is 501 g/mol. The molecule has 1 atom stereocenters. The molecule has 0 spiro atoms. The Morgan fingerprint density at radius 1 is 1.08 bits per heavy atom. The number of hydrogen-bond donors (Lipinski definition) is 1. The smallest absolute Gasteiger partial charge is 0.263 e. The lowest BCUT2D eigenvalue weighted by molar-refractivity contribution is -0.139. The van der Waals surface area contributed by atoms with Gasteiger partial charge in [0, 0.05) is 49.9 Å². The Bertz CT molecular complexity index is 1390. The van der Waals surface area contributed by atoms with Crippen molar-refractivity contribution in [2.24, 2.45) is 0 Å². The molecule has 37 heavy (non-hydrogen) atoms. The van der Waals surface area contributed by atoms with E-state index in [1.54, 1.807) is 25.3 Å². The van der Waals surface area contributed by atoms with Crippen LogP contribution in [0.4, 0.5) is 4.39 Å². The van der Waals surface area contributed by atoms with Crippen molar-refractivity contribution < 1.29 is 18.7 Å². The van der Waals surface area contributed by atoms with Gasteiger partial charge in [0.15, 0.2) is 6.10 Å². The lowest BCUT2D eigenvalue weighted by Crippen LogP contribution is -2.44. The Labute approximate surface area is 214 Å². The number of ether oxygens (including phenoxy) is 1. The third-order valence-corrected chi connectivity index (χ3v) is 6.82. The maximum absolute atomic E-state index is 13.4. The number of aromatic nitrogens is 2. The minimum absolute atomic E-state index is 0.0957. The van der Waals surface area contributed by atoms with Crippen molar-refractivity contribution in [2.45, 2.75) is 38.3 Å². The molecule has 1 unspecified atom stereocenters. The molecule has 4 aromatic rings. The van der Waals surface area contributed by atoms with Crippen LogP contribution in [0.1, 0.15) is 47.2 Å². The highest BCUT2D eigenvalue weighted by Crippen LogP contribution is 2.29. The molecule has 190 valence electrons. The van der Waals surface area contributed by atoms with Crippen molar-refractivity contribution >= 4 is 17.5 Å². The van der Waals surface area contributed by atoms with E-state index in [0.717, 1.165) is 29.6 Å². The first-order valence-electron chi connectivity index (χ1n) is 12.5. The topological polar surface area (TPSA) is 75.9 Å². The highest BCUT2D eigenvalue weighted by molar-refractivity contribution is 5.94. The van der Waals surface area contributed by atoms with Gasteiger partial charge in [0.25, 0.3) is 11.8 Å². The molecule has 1 aliphatic rings. The van der Waals surface area contributed by atoms with Crippen molar-refractivity contribution in [1.82, 2.24) is 19.6 Å². The second-order valence-corrected chi connectivity index (χ2v) is 9.35. The molecule has 7 nitrogen and oxygen atoms in total. The summed E-state index contributed by atoms with van der Waals surface area (Å²) in [5, 5.41) is 2.97. The van der Waals surface area contributed by atoms with Gasteiger partial charge in [-0.15, -0.1) is 0 Å². The summed E-state index contributed by atoms with van der Waals surface area (Å²) in [5.74, 6) is 0.0544. The summed E-state index contributed by atoms with van der Waals surface area (Å²) >= 11 is 0. The lowest BCUT2D eigenvalue weighted by atomic mass is 9.89. The first-order chi connectivity index (χ1) is 18.0. The van der Waals surface area contributed by atoms with E-state index in [9.17, 15) is 14.0 Å². The van der Waals surface area contributed by atoms with Crippen LogP contribution in [0.5, 0.6) is 5.75 Å². The number of amides is 2. The summed E-state index contributed by atoms with van der Waals surface area (Å²) in [5.41, 5.74) is 3.61. The van der Waals surface area contributed by atoms with Crippen molar-refractivity contribution in [3.05, 3.63) is 102 Å². The number of hydrogen-bond acceptors (Lipinski definition) is 4. The molecular formula is C29H29FN4O3. The van der Waals surface area contributed by atoms with Crippen molar-refractivity contribution in [1.29, 1.82) is 0 Å². The van der Waals surface area contributed by atoms with Gasteiger partial charge in [-0.3, -0.25) is 9.59 Å². The van der Waals surface area contributed by atoms with E-state index in [1.807, 2.05) is 58.1 Å². The van der Waals surface area contributed by atoms with Crippen LogP contribution in [0.3, 0.4) is 0 Å². The van der Waals surface area contributed by atoms with E-state index in [2.05, 4.69) is 10.3 Å². The molecule has 2 aromatic heterocycles. The molecule has 3 heterocycles. The lowest BCUT2D eigenvalue weighted by Gasteiger charge is -2.33. The molecule has 1 fully saturated rings. The van der Waals surface area contributed by atoms with Crippen LogP contribution < -0.4 is 10.1 Å². The van der Waals surface area contributed by atoms with Gasteiger partial charge < -0.3 is 19.4 Å². The molecule has 8 heteroatoms. The number of nitrogens with zero attached hydrogens (tertiary/aromatic N) is 3. The summed E-state index contributed by atoms with van der Waals surface area (Å²) in [6.07, 6.45) is 6.53. The summed E-state index contributed by atoms with van der Waals surface area (Å²) in [6.45, 7) is 3.38. The van der Waals surface area contributed by atoms with Gasteiger partial charge in [0.2, 0.25) is 0 Å². The van der Waals surface area contributed by atoms with Crippen molar-refractivity contribution in [3.63, 3.8) is 0 Å². The number of nitrogens with one attached hydrogen (secondary N) is 1. The minimum atomic E-state index is -0.683. The molecular weight excluding hydrogens is 471 g/mol. The van der Waals surface area contributed by atoms with E-state index >= 15 is 0 Å². The van der Waals surface area contributed by atoms with Crippen LogP contribution >= 0.6 is 0 Å². The third kappa shape index (κ3) is 5.80. The Morgan fingerprint density at radius 2 is 1.86 bits per heavy atom. The monoisotopic (exact) mass is 500 g/mol. The zero-order valence-electron chi connectivity index (χ0n) is 20.6. The maximum Gasteiger partial charge on any atom is 0.263 e. The first kappa shape index (κ1) is 24.5. The largest absolute Gasteiger partial charge is 0.481 e. The predicted octanol–water partition coefficient (Wildman–Crippen LogP) is 4.58. The van der Waals surface area contributed by atoms with Crippen LogP contribution in [0.2, 0.25) is 0 Å². The number of pyridine rings is 1. The normalized spacial score (nSPS) is 14.9. The third-order valence-electron chi connectivity index (χ3n) is 6.82. The molecule has 5 rings (SSSR count). The minimum Gasteiger partial charge on any atom is -0.481 e. The predicted molar refractivity (Wildman–Crippen MR) is 138 cm³/mol. The van der Waals surface area contributed by atoms with E-state index in [1.165, 1.54) is 12.1 Å². The summed E-state index contributed by atoms with van der Waals surface area (Å²) in [6, 6.07) is 17.5. The van der Waals surface area contributed by atoms with E-state index in [-0.39, 0.29) is 11.8 Å². The highest BCUT2D eigenvalue weighted by atomic mass is 19.1. The number of halogens is 1. The maximum atomic E-state index is 13.4. The summed E-state index contributed by atoms with van der Waals surface area (Å²) < 4.78 is 21.0. The Hall–Kier alpha value is -4.20. The number of carbonyl (C=O) groups is 2. The van der Waals surface area contributed by atoms with E-state index in [0.29, 0.717) is 36.9 Å². The number of benzene rings is 2. The fraction of sp³-hybridized carbons (Fsp3) is 0.276. The molecule has 1 aliphatic heterocycles. The molecule has 0 aliphatic carbocycles. The van der Waals surface area contributed by atoms with Crippen LogP contribution in [-0.4, -0.2) is 45.3 Å². The summed E-state index contributed by atoms with van der Waals surface area (Å²) in [7, 11) is 0. The zero-order chi connectivity index (χ0) is 25.8. The SMILES string of the molecule is CC(Oc1cccc(F)c1)C(=O)N1CCC(c2ccc(C(=O)NCc3ccn4ccnc4c3)cc2)CC1. The van der Waals surface area contributed by atoms with Gasteiger partial charge in [-0.05, 0) is 73.2 Å². The number of imidazole rings is 1. The van der Waals surface area contributed by atoms with E-state index < -0.39 is 11.9 Å². The standard InChI is InChI=1S/C29H29FN4O3/c1-20(37-26-4-2-3-25(30)18-26)29(36)34-14-10-23(11-15-34)22-5-7-24(8-6-22)28(35)32-19-21-9-13-33-16-12-31-27(33)17-21/h2-9,12-13,16-18,20,23H,10-11,14-15,19H2,1H3,(H,32,35). The highest BCUT2D eigenvalue weighted by Gasteiger charge is 2.28. The van der Waals surface area contributed by atoms with Gasteiger partial charge >= 0.3 is 0 Å². The van der Waals surface area contributed by atoms with Crippen molar-refractivity contribution in [2.75, 3.05) is 13.1 Å². The Morgan fingerprint density at radius 3 is 2.62 bits per heavy atom. The molecule has 2 aromatic carbocycles. The molecule has 1 saturated heterocycles. The number of piperidine rings is 1. The fourth-order valence-corrected chi connectivity index (χ4v) is 4.74. The Balaban J connectivity index is 1.11. The quantitative estimate of drug-likeness (QED) is 0.403. The zero-order valence-corrected chi connectivity index (χ0v) is 20.6. The van der Waals surface area contributed by atoms with Crippen LogP contribution in [-0.2, 0) is 11.3 Å². The molecule has 0 bridgehead atoms. The van der Waals surface area contributed by atoms with Crippen LogP contribution in [0.25, 0.3) is 5.65 Å². The van der Waals surface area contributed by atoms with E-state index in [4.69, 9.17) is 4.74 Å².